The molecule has 2 heteroatoms. The van der Waals surface area contributed by atoms with Gasteiger partial charge in [-0.25, -0.2) is 0 Å². The zero-order valence-corrected chi connectivity index (χ0v) is 16.8. The maximum absolute atomic E-state index is 6.16. The summed E-state index contributed by atoms with van der Waals surface area (Å²) in [5.41, 5.74) is 1.38. The molecule has 0 radical (unpaired) electrons. The lowest BCUT2D eigenvalue weighted by molar-refractivity contribution is -0.0944. The summed E-state index contributed by atoms with van der Waals surface area (Å²) in [6.45, 7) is 9.78. The number of rotatable bonds is 10. The van der Waals surface area contributed by atoms with E-state index in [4.69, 9.17) is 9.47 Å². The molecule has 2 atom stereocenters. The minimum atomic E-state index is -0.127. The van der Waals surface area contributed by atoms with E-state index in [1.807, 2.05) is 0 Å². The van der Waals surface area contributed by atoms with Crippen molar-refractivity contribution in [3.8, 4) is 5.75 Å². The number of hydrogen-bond acceptors (Lipinski definition) is 2. The van der Waals surface area contributed by atoms with Crippen LogP contribution in [0.15, 0.2) is 24.3 Å². The predicted molar refractivity (Wildman–Crippen MR) is 106 cm³/mol. The lowest BCUT2D eigenvalue weighted by Crippen LogP contribution is -2.24. The van der Waals surface area contributed by atoms with Crippen molar-refractivity contribution in [2.75, 3.05) is 6.61 Å². The molecule has 0 bridgehead atoms. The summed E-state index contributed by atoms with van der Waals surface area (Å²) in [6, 6.07) is 8.58. The molecule has 0 aliphatic heterocycles. The van der Waals surface area contributed by atoms with Gasteiger partial charge in [-0.3, -0.25) is 0 Å². The Morgan fingerprint density at radius 1 is 1.00 bits per heavy atom. The molecule has 0 aromatic heterocycles. The average molecular weight is 347 g/mol. The fraction of sp³-hybridized carbons (Fsp3) is 0.739. The molecule has 1 aliphatic carbocycles. The minimum Gasteiger partial charge on any atom is -0.465 e. The molecule has 2 rings (SSSR count). The van der Waals surface area contributed by atoms with Gasteiger partial charge in [-0.05, 0) is 48.3 Å². The van der Waals surface area contributed by atoms with Gasteiger partial charge in [-0.2, -0.15) is 0 Å². The van der Waals surface area contributed by atoms with E-state index in [2.05, 4.69) is 52.0 Å². The monoisotopic (exact) mass is 346 g/mol. The number of benzene rings is 1. The van der Waals surface area contributed by atoms with Gasteiger partial charge in [-0.1, -0.05) is 71.9 Å². The van der Waals surface area contributed by atoms with Crippen LogP contribution in [0.25, 0.3) is 0 Å². The summed E-state index contributed by atoms with van der Waals surface area (Å²) < 4.78 is 12.3. The normalized spacial score (nSPS) is 18.3. The van der Waals surface area contributed by atoms with Crippen LogP contribution in [-0.2, 0) is 4.74 Å². The van der Waals surface area contributed by atoms with Crippen molar-refractivity contribution in [2.24, 2.45) is 11.8 Å². The van der Waals surface area contributed by atoms with Gasteiger partial charge in [-0.15, -0.1) is 0 Å². The molecule has 0 N–H and O–H groups in total. The molecular formula is C23H38O2. The highest BCUT2D eigenvalue weighted by Crippen LogP contribution is 2.27. The lowest BCUT2D eigenvalue weighted by Gasteiger charge is -2.25. The van der Waals surface area contributed by atoms with Crippen LogP contribution in [0.1, 0.15) is 90.5 Å². The van der Waals surface area contributed by atoms with Crippen molar-refractivity contribution in [3.05, 3.63) is 29.8 Å². The number of ether oxygens (including phenoxy) is 2. The second-order valence-electron chi connectivity index (χ2n) is 8.22. The molecular weight excluding hydrogens is 308 g/mol. The SMILES string of the molecule is CCC(C)c1ccc(OC(CC(C)C)OCCC2CCCCC2)cc1. The van der Waals surface area contributed by atoms with E-state index in [1.165, 1.54) is 50.5 Å². The van der Waals surface area contributed by atoms with E-state index >= 15 is 0 Å². The Kier molecular flexibility index (Phi) is 8.81. The Labute approximate surface area is 155 Å². The van der Waals surface area contributed by atoms with Gasteiger partial charge in [0.05, 0.1) is 6.61 Å². The van der Waals surface area contributed by atoms with E-state index in [0.717, 1.165) is 24.7 Å². The van der Waals surface area contributed by atoms with Crippen LogP contribution in [0.4, 0.5) is 0 Å². The van der Waals surface area contributed by atoms with Crippen molar-refractivity contribution >= 4 is 0 Å². The Morgan fingerprint density at radius 2 is 1.68 bits per heavy atom. The van der Waals surface area contributed by atoms with Crippen LogP contribution in [-0.4, -0.2) is 12.9 Å². The van der Waals surface area contributed by atoms with Crippen LogP contribution in [0.2, 0.25) is 0 Å². The predicted octanol–water partition coefficient (Wildman–Crippen LogP) is 6.94. The standard InChI is InChI=1S/C23H38O2/c1-5-19(4)21-11-13-22(14-12-21)25-23(17-18(2)3)24-16-15-20-9-7-6-8-10-20/h11-14,18-20,23H,5-10,15-17H2,1-4H3. The average Bonchev–Trinajstić information content (AvgIpc) is 2.62. The summed E-state index contributed by atoms with van der Waals surface area (Å²) in [7, 11) is 0. The second-order valence-corrected chi connectivity index (χ2v) is 8.22. The maximum atomic E-state index is 6.16. The zero-order chi connectivity index (χ0) is 18.1. The van der Waals surface area contributed by atoms with Gasteiger partial charge in [0, 0.05) is 6.42 Å². The highest BCUT2D eigenvalue weighted by molar-refractivity contribution is 5.29. The Bertz CT molecular complexity index is 459. The molecule has 0 heterocycles. The molecule has 1 saturated carbocycles. The third kappa shape index (κ3) is 7.40. The van der Waals surface area contributed by atoms with E-state index in [1.54, 1.807) is 0 Å². The smallest absolute Gasteiger partial charge is 0.200 e. The van der Waals surface area contributed by atoms with Gasteiger partial charge < -0.3 is 9.47 Å². The van der Waals surface area contributed by atoms with Crippen LogP contribution in [0.5, 0.6) is 5.75 Å². The first-order chi connectivity index (χ1) is 12.1. The van der Waals surface area contributed by atoms with Crippen LogP contribution < -0.4 is 4.74 Å². The molecule has 0 amide bonds. The largest absolute Gasteiger partial charge is 0.465 e. The first-order valence-electron chi connectivity index (χ1n) is 10.5. The third-order valence-corrected chi connectivity index (χ3v) is 5.55. The van der Waals surface area contributed by atoms with Crippen LogP contribution in [0, 0.1) is 11.8 Å². The summed E-state index contributed by atoms with van der Waals surface area (Å²) in [6.07, 6.45) is 10.2. The van der Waals surface area contributed by atoms with E-state index in [9.17, 15) is 0 Å². The first-order valence-corrected chi connectivity index (χ1v) is 10.5. The van der Waals surface area contributed by atoms with Crippen molar-refractivity contribution in [2.45, 2.75) is 91.3 Å². The Balaban J connectivity index is 1.83. The van der Waals surface area contributed by atoms with Crippen molar-refractivity contribution in [1.29, 1.82) is 0 Å². The topological polar surface area (TPSA) is 18.5 Å². The van der Waals surface area contributed by atoms with Crippen LogP contribution >= 0.6 is 0 Å². The fourth-order valence-corrected chi connectivity index (χ4v) is 3.64. The van der Waals surface area contributed by atoms with Gasteiger partial charge in [0.2, 0.25) is 0 Å². The van der Waals surface area contributed by atoms with Crippen molar-refractivity contribution < 1.29 is 9.47 Å². The molecule has 2 unspecified atom stereocenters. The maximum Gasteiger partial charge on any atom is 0.200 e. The Morgan fingerprint density at radius 3 is 2.28 bits per heavy atom. The zero-order valence-electron chi connectivity index (χ0n) is 16.8. The van der Waals surface area contributed by atoms with Crippen LogP contribution in [0.3, 0.4) is 0 Å². The first kappa shape index (κ1) is 20.3. The summed E-state index contributed by atoms with van der Waals surface area (Å²) >= 11 is 0. The highest BCUT2D eigenvalue weighted by Gasteiger charge is 2.17. The van der Waals surface area contributed by atoms with E-state index in [0.29, 0.717) is 11.8 Å². The molecule has 1 aromatic rings. The Hall–Kier alpha value is -1.02. The summed E-state index contributed by atoms with van der Waals surface area (Å²) in [5, 5.41) is 0. The van der Waals surface area contributed by atoms with Gasteiger partial charge in [0.25, 0.3) is 0 Å². The molecule has 1 aromatic carbocycles. The molecule has 1 fully saturated rings. The second kappa shape index (κ2) is 10.9. The molecule has 0 saturated heterocycles. The summed E-state index contributed by atoms with van der Waals surface area (Å²) in [4.78, 5) is 0. The van der Waals surface area contributed by atoms with Gasteiger partial charge in [0.15, 0.2) is 6.29 Å². The molecule has 0 spiro atoms. The van der Waals surface area contributed by atoms with Gasteiger partial charge in [0.1, 0.15) is 5.75 Å². The lowest BCUT2D eigenvalue weighted by atomic mass is 9.87. The highest BCUT2D eigenvalue weighted by atomic mass is 16.7. The van der Waals surface area contributed by atoms with E-state index in [-0.39, 0.29) is 6.29 Å². The molecule has 25 heavy (non-hydrogen) atoms. The molecule has 2 nitrogen and oxygen atoms in total. The van der Waals surface area contributed by atoms with Crippen molar-refractivity contribution in [1.82, 2.24) is 0 Å². The molecule has 142 valence electrons. The molecule has 1 aliphatic rings. The fourth-order valence-electron chi connectivity index (χ4n) is 3.64. The summed E-state index contributed by atoms with van der Waals surface area (Å²) in [5.74, 6) is 2.96. The van der Waals surface area contributed by atoms with Crippen molar-refractivity contribution in [3.63, 3.8) is 0 Å². The third-order valence-electron chi connectivity index (χ3n) is 5.55. The minimum absolute atomic E-state index is 0.127. The number of hydrogen-bond donors (Lipinski definition) is 0. The van der Waals surface area contributed by atoms with E-state index < -0.39 is 0 Å². The quantitative estimate of drug-likeness (QED) is 0.427. The van der Waals surface area contributed by atoms with Gasteiger partial charge >= 0.3 is 0 Å².